The minimum absolute atomic E-state index is 0.0480. The van der Waals surface area contributed by atoms with Crippen LogP contribution in [0.4, 0.5) is 0 Å². The molecule has 0 spiro atoms. The van der Waals surface area contributed by atoms with Crippen molar-refractivity contribution < 1.29 is 9.32 Å². The molecule has 2 heterocycles. The van der Waals surface area contributed by atoms with E-state index in [-0.39, 0.29) is 11.8 Å². The molecule has 7 heteroatoms. The average molecular weight is 307 g/mol. The van der Waals surface area contributed by atoms with Crippen LogP contribution < -0.4 is 5.32 Å². The minimum atomic E-state index is 0.0480. The summed E-state index contributed by atoms with van der Waals surface area (Å²) in [5.41, 5.74) is 0. The van der Waals surface area contributed by atoms with Crippen molar-refractivity contribution in [2.75, 3.05) is 39.3 Å². The zero-order valence-corrected chi connectivity index (χ0v) is 13.4. The molecule has 1 aromatic rings. The van der Waals surface area contributed by atoms with Crippen molar-refractivity contribution in [1.29, 1.82) is 0 Å². The van der Waals surface area contributed by atoms with Gasteiger partial charge in [0.1, 0.15) is 0 Å². The quantitative estimate of drug-likeness (QED) is 0.744. The van der Waals surface area contributed by atoms with Crippen molar-refractivity contribution >= 4 is 5.91 Å². The highest BCUT2D eigenvalue weighted by Gasteiger charge is 2.20. The van der Waals surface area contributed by atoms with Crippen molar-refractivity contribution in [2.45, 2.75) is 26.3 Å². The topological polar surface area (TPSA) is 74.5 Å². The summed E-state index contributed by atoms with van der Waals surface area (Å²) in [5, 5.41) is 6.78. The SMILES string of the molecule is C=CCNC(=O)CN1CCN(Cc2nc(C(C)C)no2)CC1. The Labute approximate surface area is 131 Å². The van der Waals surface area contributed by atoms with Gasteiger partial charge in [0.15, 0.2) is 5.82 Å². The van der Waals surface area contributed by atoms with Gasteiger partial charge in [-0.2, -0.15) is 4.98 Å². The average Bonchev–Trinajstić information content (AvgIpc) is 2.96. The number of hydrogen-bond donors (Lipinski definition) is 1. The molecule has 0 bridgehead atoms. The van der Waals surface area contributed by atoms with Crippen LogP contribution in [0.2, 0.25) is 0 Å². The van der Waals surface area contributed by atoms with Crippen LogP contribution in [0.15, 0.2) is 17.2 Å². The van der Waals surface area contributed by atoms with Gasteiger partial charge in [0.25, 0.3) is 0 Å². The number of carbonyl (C=O) groups is 1. The largest absolute Gasteiger partial charge is 0.352 e. The highest BCUT2D eigenvalue weighted by molar-refractivity contribution is 5.78. The smallest absolute Gasteiger partial charge is 0.240 e. The summed E-state index contributed by atoms with van der Waals surface area (Å²) < 4.78 is 5.27. The Balaban J connectivity index is 1.72. The summed E-state index contributed by atoms with van der Waals surface area (Å²) in [5.74, 6) is 1.75. The molecule has 1 saturated heterocycles. The van der Waals surface area contributed by atoms with E-state index in [1.807, 2.05) is 13.8 Å². The Bertz CT molecular complexity index is 492. The molecular weight excluding hydrogens is 282 g/mol. The van der Waals surface area contributed by atoms with Gasteiger partial charge in [0, 0.05) is 38.6 Å². The lowest BCUT2D eigenvalue weighted by Gasteiger charge is -2.33. The van der Waals surface area contributed by atoms with Crippen molar-refractivity contribution in [3.05, 3.63) is 24.4 Å². The van der Waals surface area contributed by atoms with E-state index in [2.05, 4.69) is 31.8 Å². The molecule has 1 fully saturated rings. The second-order valence-electron chi connectivity index (χ2n) is 5.85. The monoisotopic (exact) mass is 307 g/mol. The molecule has 0 saturated carbocycles. The summed E-state index contributed by atoms with van der Waals surface area (Å²) >= 11 is 0. The highest BCUT2D eigenvalue weighted by atomic mass is 16.5. The molecule has 7 nitrogen and oxygen atoms in total. The fourth-order valence-corrected chi connectivity index (χ4v) is 2.31. The molecule has 1 aliphatic rings. The first-order valence-electron chi connectivity index (χ1n) is 7.73. The third kappa shape index (κ3) is 4.92. The van der Waals surface area contributed by atoms with Gasteiger partial charge in [-0.1, -0.05) is 25.1 Å². The van der Waals surface area contributed by atoms with E-state index in [1.165, 1.54) is 0 Å². The van der Waals surface area contributed by atoms with Crippen LogP contribution in [0.3, 0.4) is 0 Å². The molecule has 0 aliphatic carbocycles. The molecular formula is C15H25N5O2. The molecule has 1 N–H and O–H groups in total. The summed E-state index contributed by atoms with van der Waals surface area (Å²) in [6.45, 7) is 12.9. The van der Waals surface area contributed by atoms with Crippen molar-refractivity contribution in [3.8, 4) is 0 Å². The molecule has 1 aromatic heterocycles. The van der Waals surface area contributed by atoms with Crippen LogP contribution in [0, 0.1) is 0 Å². The highest BCUT2D eigenvalue weighted by Crippen LogP contribution is 2.12. The van der Waals surface area contributed by atoms with Crippen LogP contribution >= 0.6 is 0 Å². The Hall–Kier alpha value is -1.73. The first kappa shape index (κ1) is 16.6. The summed E-state index contributed by atoms with van der Waals surface area (Å²) in [6, 6.07) is 0. The lowest BCUT2D eigenvalue weighted by atomic mass is 10.2. The van der Waals surface area contributed by atoms with E-state index in [1.54, 1.807) is 6.08 Å². The predicted molar refractivity (Wildman–Crippen MR) is 83.3 cm³/mol. The van der Waals surface area contributed by atoms with Gasteiger partial charge in [-0.3, -0.25) is 14.6 Å². The number of aromatic nitrogens is 2. The zero-order valence-electron chi connectivity index (χ0n) is 13.4. The third-order valence-corrected chi connectivity index (χ3v) is 3.63. The molecule has 0 unspecified atom stereocenters. The van der Waals surface area contributed by atoms with E-state index in [9.17, 15) is 4.79 Å². The molecule has 2 rings (SSSR count). The van der Waals surface area contributed by atoms with Crippen LogP contribution in [0.5, 0.6) is 0 Å². The lowest BCUT2D eigenvalue weighted by Crippen LogP contribution is -2.49. The normalized spacial score (nSPS) is 16.9. The number of nitrogens with one attached hydrogen (secondary N) is 1. The number of carbonyl (C=O) groups excluding carboxylic acids is 1. The Morgan fingerprint density at radius 1 is 1.36 bits per heavy atom. The fraction of sp³-hybridized carbons (Fsp3) is 0.667. The molecule has 122 valence electrons. The molecule has 1 amide bonds. The van der Waals surface area contributed by atoms with Gasteiger partial charge in [-0.15, -0.1) is 6.58 Å². The van der Waals surface area contributed by atoms with Crippen molar-refractivity contribution in [1.82, 2.24) is 25.3 Å². The van der Waals surface area contributed by atoms with Gasteiger partial charge in [-0.25, -0.2) is 0 Å². The number of hydrogen-bond acceptors (Lipinski definition) is 6. The van der Waals surface area contributed by atoms with Gasteiger partial charge in [0.2, 0.25) is 11.8 Å². The second-order valence-corrected chi connectivity index (χ2v) is 5.85. The first-order chi connectivity index (χ1) is 10.6. The van der Waals surface area contributed by atoms with E-state index in [0.717, 1.165) is 32.0 Å². The Morgan fingerprint density at radius 3 is 2.64 bits per heavy atom. The number of piperazine rings is 1. The maximum atomic E-state index is 11.7. The second kappa shape index (κ2) is 8.05. The van der Waals surface area contributed by atoms with Crippen LogP contribution in [0.25, 0.3) is 0 Å². The fourth-order valence-electron chi connectivity index (χ4n) is 2.31. The maximum absolute atomic E-state index is 11.7. The van der Waals surface area contributed by atoms with Crippen molar-refractivity contribution in [3.63, 3.8) is 0 Å². The summed E-state index contributed by atoms with van der Waals surface area (Å²) in [6.07, 6.45) is 1.69. The molecule has 22 heavy (non-hydrogen) atoms. The predicted octanol–water partition coefficient (Wildman–Crippen LogP) is 0.613. The standard InChI is InChI=1S/C15H25N5O2/c1-4-5-16-13(21)10-19-6-8-20(9-7-19)11-14-17-15(12(2)3)18-22-14/h4,12H,1,5-11H2,2-3H3,(H,16,21). The molecule has 0 atom stereocenters. The molecule has 0 radical (unpaired) electrons. The van der Waals surface area contributed by atoms with Gasteiger partial charge in [0.05, 0.1) is 13.1 Å². The Kier molecular flexibility index (Phi) is 6.09. The Morgan fingerprint density at radius 2 is 2.05 bits per heavy atom. The number of nitrogens with zero attached hydrogens (tertiary/aromatic N) is 4. The van der Waals surface area contributed by atoms with Crippen molar-refractivity contribution in [2.24, 2.45) is 0 Å². The van der Waals surface area contributed by atoms with E-state index in [4.69, 9.17) is 4.52 Å². The summed E-state index contributed by atoms with van der Waals surface area (Å²) in [7, 11) is 0. The van der Waals surface area contributed by atoms with Gasteiger partial charge < -0.3 is 9.84 Å². The molecule has 1 aliphatic heterocycles. The van der Waals surface area contributed by atoms with E-state index < -0.39 is 0 Å². The lowest BCUT2D eigenvalue weighted by molar-refractivity contribution is -0.122. The van der Waals surface area contributed by atoms with Crippen LogP contribution in [-0.4, -0.2) is 65.1 Å². The number of amides is 1. The minimum Gasteiger partial charge on any atom is -0.352 e. The zero-order chi connectivity index (χ0) is 15.9. The van der Waals surface area contributed by atoms with E-state index >= 15 is 0 Å². The van der Waals surface area contributed by atoms with Crippen LogP contribution in [0.1, 0.15) is 31.5 Å². The van der Waals surface area contributed by atoms with E-state index in [0.29, 0.717) is 25.5 Å². The first-order valence-corrected chi connectivity index (χ1v) is 7.73. The number of rotatable bonds is 7. The van der Waals surface area contributed by atoms with Gasteiger partial charge >= 0.3 is 0 Å². The third-order valence-electron chi connectivity index (χ3n) is 3.63. The molecule has 0 aromatic carbocycles. The van der Waals surface area contributed by atoms with Crippen LogP contribution in [-0.2, 0) is 11.3 Å². The maximum Gasteiger partial charge on any atom is 0.240 e. The summed E-state index contributed by atoms with van der Waals surface area (Å²) in [4.78, 5) is 20.5. The van der Waals surface area contributed by atoms with Gasteiger partial charge in [-0.05, 0) is 0 Å².